The molecule has 0 radical (unpaired) electrons. The molecule has 5 heterocycles. The van der Waals surface area contributed by atoms with E-state index in [0.29, 0.717) is 30.2 Å². The van der Waals surface area contributed by atoms with Crippen LogP contribution in [0.5, 0.6) is 11.6 Å². The number of halogens is 1. The maximum atomic E-state index is 14.4. The van der Waals surface area contributed by atoms with Crippen molar-refractivity contribution in [1.82, 2.24) is 24.8 Å². The molecule has 9 nitrogen and oxygen atoms in total. The zero-order valence-corrected chi connectivity index (χ0v) is 20.8. The van der Waals surface area contributed by atoms with Crippen molar-refractivity contribution < 1.29 is 18.7 Å². The van der Waals surface area contributed by atoms with Gasteiger partial charge >= 0.3 is 0 Å². The van der Waals surface area contributed by atoms with Gasteiger partial charge in [-0.2, -0.15) is 0 Å². The Labute approximate surface area is 209 Å². The van der Waals surface area contributed by atoms with Gasteiger partial charge in [-0.25, -0.2) is 24.3 Å². The smallest absolute Gasteiger partial charge is 0.230 e. The molecule has 2 aliphatic heterocycles. The van der Waals surface area contributed by atoms with Gasteiger partial charge in [0.25, 0.3) is 0 Å². The summed E-state index contributed by atoms with van der Waals surface area (Å²) in [5, 5.41) is 3.63. The Balaban J connectivity index is 1.32. The largest absolute Gasteiger partial charge is 0.494 e. The number of aryl methyl sites for hydroxylation is 2. The Kier molecular flexibility index (Phi) is 6.19. The molecular weight excluding hydrogens is 463 g/mol. The number of fused-ring (bicyclic) bond motifs is 1. The van der Waals surface area contributed by atoms with E-state index in [4.69, 9.17) is 14.5 Å². The van der Waals surface area contributed by atoms with Gasteiger partial charge in [-0.1, -0.05) is 0 Å². The van der Waals surface area contributed by atoms with E-state index in [0.717, 1.165) is 48.1 Å². The summed E-state index contributed by atoms with van der Waals surface area (Å²) in [6, 6.07) is 3.59. The van der Waals surface area contributed by atoms with Crippen LogP contribution in [0.25, 0.3) is 11.4 Å². The minimum absolute atomic E-state index is 0.109. The fourth-order valence-corrected chi connectivity index (χ4v) is 5.07. The second-order valence-electron chi connectivity index (χ2n) is 9.46. The van der Waals surface area contributed by atoms with Crippen LogP contribution in [0.3, 0.4) is 0 Å². The lowest BCUT2D eigenvalue weighted by Crippen LogP contribution is -2.46. The normalized spacial score (nSPS) is 19.5. The molecule has 1 saturated heterocycles. The Morgan fingerprint density at radius 1 is 1.14 bits per heavy atom. The SMILES string of the molecule is COc1cnc(-c2cc3c(nc2C)N[C@@]2(CC3)CCN(C(=O)[C@H](C)c3cc(OC)ncc3F)C2)nc1. The van der Waals surface area contributed by atoms with E-state index in [2.05, 4.69) is 26.3 Å². The van der Waals surface area contributed by atoms with Crippen LogP contribution in [0.2, 0.25) is 0 Å². The summed E-state index contributed by atoms with van der Waals surface area (Å²) in [6.45, 7) is 4.81. The summed E-state index contributed by atoms with van der Waals surface area (Å²) in [5.41, 5.74) is 2.85. The zero-order valence-electron chi connectivity index (χ0n) is 20.8. The van der Waals surface area contributed by atoms with Crippen molar-refractivity contribution in [1.29, 1.82) is 0 Å². The zero-order chi connectivity index (χ0) is 25.4. The van der Waals surface area contributed by atoms with Gasteiger partial charge in [-0.3, -0.25) is 4.79 Å². The van der Waals surface area contributed by atoms with Crippen molar-refractivity contribution in [3.63, 3.8) is 0 Å². The standard InChI is InChI=1S/C26H29FN6O3/c1-15(19-10-22(36-4)28-13-21(19)27)25(34)33-8-7-26(14-33)6-5-17-9-20(16(2)31-23(17)32-26)24-29-11-18(35-3)12-30-24/h9-13,15H,5-8,14H2,1-4H3,(H,31,32)/t15-,26+/m1/s1. The van der Waals surface area contributed by atoms with Gasteiger partial charge in [0.1, 0.15) is 11.6 Å². The Bertz CT molecular complexity index is 1300. The van der Waals surface area contributed by atoms with Gasteiger partial charge in [0, 0.05) is 30.3 Å². The van der Waals surface area contributed by atoms with Gasteiger partial charge < -0.3 is 19.7 Å². The first kappa shape index (κ1) is 23.9. The molecule has 1 fully saturated rings. The average Bonchev–Trinajstić information content (AvgIpc) is 3.31. The summed E-state index contributed by atoms with van der Waals surface area (Å²) in [4.78, 5) is 32.7. The third-order valence-corrected chi connectivity index (χ3v) is 7.22. The minimum Gasteiger partial charge on any atom is -0.494 e. The van der Waals surface area contributed by atoms with E-state index in [1.807, 2.05) is 11.8 Å². The van der Waals surface area contributed by atoms with E-state index >= 15 is 0 Å². The predicted octanol–water partition coefficient (Wildman–Crippen LogP) is 3.53. The maximum absolute atomic E-state index is 14.4. The lowest BCUT2D eigenvalue weighted by Gasteiger charge is -2.36. The van der Waals surface area contributed by atoms with Crippen LogP contribution in [0.15, 0.2) is 30.7 Å². The van der Waals surface area contributed by atoms with Crippen molar-refractivity contribution in [3.05, 3.63) is 53.4 Å². The van der Waals surface area contributed by atoms with Crippen LogP contribution in [-0.4, -0.2) is 63.6 Å². The number of likely N-dealkylation sites (tertiary alicyclic amines) is 1. The molecule has 3 aromatic heterocycles. The third-order valence-electron chi connectivity index (χ3n) is 7.22. The Morgan fingerprint density at radius 3 is 2.64 bits per heavy atom. The third kappa shape index (κ3) is 4.31. The predicted molar refractivity (Wildman–Crippen MR) is 132 cm³/mol. The van der Waals surface area contributed by atoms with Gasteiger partial charge in [-0.15, -0.1) is 0 Å². The van der Waals surface area contributed by atoms with Crippen molar-refractivity contribution in [3.8, 4) is 23.0 Å². The number of amides is 1. The van der Waals surface area contributed by atoms with Crippen molar-refractivity contribution in [2.45, 2.75) is 44.6 Å². The maximum Gasteiger partial charge on any atom is 0.230 e. The number of carbonyl (C=O) groups is 1. The fraction of sp³-hybridized carbons (Fsp3) is 0.423. The number of hydrogen-bond donors (Lipinski definition) is 1. The highest BCUT2D eigenvalue weighted by Crippen LogP contribution is 2.39. The number of ether oxygens (including phenoxy) is 2. The molecule has 3 aromatic rings. The molecule has 5 rings (SSSR count). The van der Waals surface area contributed by atoms with Crippen molar-refractivity contribution >= 4 is 11.7 Å². The first-order valence-corrected chi connectivity index (χ1v) is 12.0. The average molecular weight is 493 g/mol. The summed E-state index contributed by atoms with van der Waals surface area (Å²) in [7, 11) is 3.05. The molecule has 2 aliphatic rings. The summed E-state index contributed by atoms with van der Waals surface area (Å²) >= 11 is 0. The molecule has 1 spiro atoms. The highest BCUT2D eigenvalue weighted by molar-refractivity contribution is 5.84. The van der Waals surface area contributed by atoms with Crippen LogP contribution in [0.4, 0.5) is 10.2 Å². The van der Waals surface area contributed by atoms with Crippen LogP contribution in [0, 0.1) is 12.7 Å². The number of aromatic nitrogens is 4. The molecule has 188 valence electrons. The number of carbonyl (C=O) groups excluding carboxylic acids is 1. The molecule has 0 aromatic carbocycles. The lowest BCUT2D eigenvalue weighted by molar-refractivity contribution is -0.131. The fourth-order valence-electron chi connectivity index (χ4n) is 5.07. The molecule has 2 atom stereocenters. The highest BCUT2D eigenvalue weighted by Gasteiger charge is 2.43. The second-order valence-corrected chi connectivity index (χ2v) is 9.46. The molecule has 10 heteroatoms. The highest BCUT2D eigenvalue weighted by atomic mass is 19.1. The Hall–Kier alpha value is -3.82. The van der Waals surface area contributed by atoms with E-state index in [1.54, 1.807) is 26.4 Å². The van der Waals surface area contributed by atoms with Gasteiger partial charge in [0.15, 0.2) is 11.6 Å². The number of hydrogen-bond acceptors (Lipinski definition) is 8. The first-order valence-electron chi connectivity index (χ1n) is 12.0. The first-order chi connectivity index (χ1) is 17.3. The van der Waals surface area contributed by atoms with Crippen molar-refractivity contribution in [2.75, 3.05) is 32.6 Å². The van der Waals surface area contributed by atoms with Gasteiger partial charge in [-0.05, 0) is 44.7 Å². The summed E-state index contributed by atoms with van der Waals surface area (Å²) in [5.74, 6) is 1.08. The topological polar surface area (TPSA) is 102 Å². The van der Waals surface area contributed by atoms with E-state index in [9.17, 15) is 9.18 Å². The van der Waals surface area contributed by atoms with Gasteiger partial charge in [0.05, 0.1) is 50.0 Å². The van der Waals surface area contributed by atoms with Crippen LogP contribution in [-0.2, 0) is 11.2 Å². The molecule has 0 aliphatic carbocycles. The molecule has 0 saturated carbocycles. The van der Waals surface area contributed by atoms with Gasteiger partial charge in [0.2, 0.25) is 11.8 Å². The molecule has 0 bridgehead atoms. The second kappa shape index (κ2) is 9.33. The molecule has 1 amide bonds. The number of nitrogens with one attached hydrogen (secondary N) is 1. The van der Waals surface area contributed by atoms with Crippen LogP contribution < -0.4 is 14.8 Å². The molecule has 36 heavy (non-hydrogen) atoms. The summed E-state index contributed by atoms with van der Waals surface area (Å²) in [6.07, 6.45) is 6.89. The molecule has 0 unspecified atom stereocenters. The number of rotatable bonds is 5. The number of methoxy groups -OCH3 is 2. The Morgan fingerprint density at radius 2 is 1.92 bits per heavy atom. The number of pyridine rings is 2. The van der Waals surface area contributed by atoms with E-state index in [1.165, 1.54) is 13.2 Å². The molecule has 1 N–H and O–H groups in total. The quantitative estimate of drug-likeness (QED) is 0.577. The van der Waals surface area contributed by atoms with Crippen LogP contribution in [0.1, 0.15) is 42.5 Å². The summed E-state index contributed by atoms with van der Waals surface area (Å²) < 4.78 is 24.7. The lowest BCUT2D eigenvalue weighted by atomic mass is 9.86. The monoisotopic (exact) mass is 492 g/mol. The van der Waals surface area contributed by atoms with Crippen LogP contribution >= 0.6 is 0 Å². The van der Waals surface area contributed by atoms with Crippen molar-refractivity contribution in [2.24, 2.45) is 0 Å². The number of nitrogens with zero attached hydrogens (tertiary/aromatic N) is 5. The van der Waals surface area contributed by atoms with E-state index < -0.39 is 11.7 Å². The van der Waals surface area contributed by atoms with E-state index in [-0.39, 0.29) is 17.3 Å². The molecular formula is C26H29FN6O3. The number of anilines is 1. The minimum atomic E-state index is -0.639.